The average Bonchev–Trinajstić information content (AvgIpc) is 2.66. The molecule has 0 aromatic heterocycles. The van der Waals surface area contributed by atoms with E-state index in [0.717, 1.165) is 25.7 Å². The Morgan fingerprint density at radius 2 is 0.875 bits per heavy atom. The molecular weight excluding hydrogens is 404 g/mol. The molecule has 6 nitrogen and oxygen atoms in total. The first-order chi connectivity index (χ1) is 14.9. The van der Waals surface area contributed by atoms with Gasteiger partial charge in [-0.15, -0.1) is 0 Å². The van der Waals surface area contributed by atoms with Crippen molar-refractivity contribution in [3.63, 3.8) is 0 Å². The number of hydrogen-bond acceptors (Lipinski definition) is 4. The number of carbonyl (C=O) groups is 2. The van der Waals surface area contributed by atoms with E-state index in [2.05, 4.69) is 10.6 Å². The number of hydrogen-bond donors (Lipinski definition) is 4. The van der Waals surface area contributed by atoms with Crippen LogP contribution in [0.15, 0.2) is 0 Å². The summed E-state index contributed by atoms with van der Waals surface area (Å²) in [7, 11) is 0. The van der Waals surface area contributed by atoms with Crippen LogP contribution in [0.1, 0.15) is 120 Å². The molecule has 32 heavy (non-hydrogen) atoms. The Morgan fingerprint density at radius 1 is 0.625 bits per heavy atom. The fourth-order valence-electron chi connectivity index (χ4n) is 4.89. The Kier molecular flexibility index (Phi) is 14.4. The summed E-state index contributed by atoms with van der Waals surface area (Å²) in [6.45, 7) is 16.2. The molecule has 0 spiro atoms. The van der Waals surface area contributed by atoms with Gasteiger partial charge in [0.05, 0.1) is 23.3 Å². The lowest BCUT2D eigenvalue weighted by Gasteiger charge is -2.39. The molecule has 0 aliphatic heterocycles. The summed E-state index contributed by atoms with van der Waals surface area (Å²) in [6.07, 6.45) is 6.67. The minimum Gasteiger partial charge on any atom is -0.388 e. The molecule has 6 heteroatoms. The number of amides is 2. The summed E-state index contributed by atoms with van der Waals surface area (Å²) in [5.74, 6) is -0.941. The van der Waals surface area contributed by atoms with E-state index < -0.39 is 35.1 Å². The van der Waals surface area contributed by atoms with E-state index in [4.69, 9.17) is 0 Å². The van der Waals surface area contributed by atoms with Gasteiger partial charge in [0.1, 0.15) is 0 Å². The van der Waals surface area contributed by atoms with E-state index in [1.54, 1.807) is 0 Å². The summed E-state index contributed by atoms with van der Waals surface area (Å²) in [4.78, 5) is 25.9. The molecule has 0 heterocycles. The van der Waals surface area contributed by atoms with Crippen molar-refractivity contribution in [1.82, 2.24) is 10.6 Å². The SMILES string of the molecule is CCCC(O)(CCC)C(CC(C)C)NC(=O)C(=O)NC(CC(C)C)C(O)(CCC)CCC. The van der Waals surface area contributed by atoms with Crippen LogP contribution in [0.3, 0.4) is 0 Å². The third-order valence-electron chi connectivity index (χ3n) is 6.26. The van der Waals surface area contributed by atoms with Crippen LogP contribution in [0.2, 0.25) is 0 Å². The van der Waals surface area contributed by atoms with Gasteiger partial charge < -0.3 is 20.8 Å². The van der Waals surface area contributed by atoms with Crippen molar-refractivity contribution < 1.29 is 19.8 Å². The Bertz CT molecular complexity index is 488. The lowest BCUT2D eigenvalue weighted by atomic mass is 9.80. The van der Waals surface area contributed by atoms with Crippen LogP contribution in [-0.4, -0.2) is 45.3 Å². The van der Waals surface area contributed by atoms with Gasteiger partial charge in [0.2, 0.25) is 0 Å². The van der Waals surface area contributed by atoms with Gasteiger partial charge in [0.25, 0.3) is 0 Å². The molecule has 4 N–H and O–H groups in total. The molecule has 2 atom stereocenters. The quantitative estimate of drug-likeness (QED) is 0.253. The lowest BCUT2D eigenvalue weighted by molar-refractivity contribution is -0.143. The fourth-order valence-corrected chi connectivity index (χ4v) is 4.89. The van der Waals surface area contributed by atoms with Crippen molar-refractivity contribution in [2.24, 2.45) is 11.8 Å². The molecular formula is C26H52N2O4. The second-order valence-corrected chi connectivity index (χ2v) is 10.5. The van der Waals surface area contributed by atoms with Crippen molar-refractivity contribution in [3.8, 4) is 0 Å². The highest BCUT2D eigenvalue weighted by molar-refractivity contribution is 6.35. The van der Waals surface area contributed by atoms with Crippen LogP contribution in [0.25, 0.3) is 0 Å². The highest BCUT2D eigenvalue weighted by atomic mass is 16.3. The number of nitrogens with one attached hydrogen (secondary N) is 2. The van der Waals surface area contributed by atoms with E-state index in [-0.39, 0.29) is 11.8 Å². The predicted octanol–water partition coefficient (Wildman–Crippen LogP) is 4.71. The zero-order valence-corrected chi connectivity index (χ0v) is 22.1. The smallest absolute Gasteiger partial charge is 0.309 e. The minimum absolute atomic E-state index is 0.261. The number of carbonyl (C=O) groups excluding carboxylic acids is 2. The monoisotopic (exact) mass is 456 g/mol. The summed E-state index contributed by atoms with van der Waals surface area (Å²) in [5, 5.41) is 28.4. The molecule has 0 bridgehead atoms. The first kappa shape index (κ1) is 30.9. The third kappa shape index (κ3) is 10.2. The van der Waals surface area contributed by atoms with Crippen LogP contribution >= 0.6 is 0 Å². The molecule has 0 fully saturated rings. The molecule has 0 aromatic carbocycles. The zero-order valence-electron chi connectivity index (χ0n) is 22.1. The number of rotatable bonds is 16. The maximum absolute atomic E-state index is 12.9. The summed E-state index contributed by atoms with van der Waals surface area (Å²) < 4.78 is 0. The highest BCUT2D eigenvalue weighted by Gasteiger charge is 2.40. The fraction of sp³-hybridized carbons (Fsp3) is 0.923. The van der Waals surface area contributed by atoms with Crippen molar-refractivity contribution in [2.75, 3.05) is 0 Å². The topological polar surface area (TPSA) is 98.7 Å². The zero-order chi connectivity index (χ0) is 24.9. The molecule has 0 rings (SSSR count). The predicted molar refractivity (Wildman–Crippen MR) is 132 cm³/mol. The average molecular weight is 457 g/mol. The molecule has 0 saturated carbocycles. The standard InChI is InChI=1S/C26H52N2O4/c1-9-13-25(31,14-10-2)21(17-19(5)6)27-23(29)24(30)28-22(18-20(7)8)26(32,15-11-3)16-12-4/h19-22,31-32H,9-18H2,1-8H3,(H,27,29)(H,28,30). The number of aliphatic hydroxyl groups is 2. The Hall–Kier alpha value is -1.14. The van der Waals surface area contributed by atoms with Gasteiger partial charge in [0.15, 0.2) is 0 Å². The molecule has 0 aromatic rings. The molecule has 190 valence electrons. The maximum atomic E-state index is 12.9. The molecule has 0 aliphatic rings. The summed E-state index contributed by atoms with van der Waals surface area (Å²) >= 11 is 0. The Morgan fingerprint density at radius 3 is 1.06 bits per heavy atom. The lowest BCUT2D eigenvalue weighted by Crippen LogP contribution is -2.59. The van der Waals surface area contributed by atoms with Crippen LogP contribution in [-0.2, 0) is 9.59 Å². The van der Waals surface area contributed by atoms with Gasteiger partial charge in [-0.2, -0.15) is 0 Å². The van der Waals surface area contributed by atoms with Gasteiger partial charge in [-0.05, 0) is 50.4 Å². The van der Waals surface area contributed by atoms with E-state index >= 15 is 0 Å². The second-order valence-electron chi connectivity index (χ2n) is 10.5. The van der Waals surface area contributed by atoms with Crippen molar-refractivity contribution in [1.29, 1.82) is 0 Å². The van der Waals surface area contributed by atoms with Crippen molar-refractivity contribution in [2.45, 2.75) is 143 Å². The van der Waals surface area contributed by atoms with Gasteiger partial charge in [-0.1, -0.05) is 81.1 Å². The normalized spacial score (nSPS) is 14.5. The van der Waals surface area contributed by atoms with Gasteiger partial charge in [-0.25, -0.2) is 0 Å². The first-order valence-electron chi connectivity index (χ1n) is 12.9. The molecule has 0 radical (unpaired) electrons. The third-order valence-corrected chi connectivity index (χ3v) is 6.26. The van der Waals surface area contributed by atoms with E-state index in [9.17, 15) is 19.8 Å². The van der Waals surface area contributed by atoms with Crippen molar-refractivity contribution in [3.05, 3.63) is 0 Å². The van der Waals surface area contributed by atoms with E-state index in [1.165, 1.54) is 0 Å². The Balaban J connectivity index is 5.65. The largest absolute Gasteiger partial charge is 0.388 e. The van der Waals surface area contributed by atoms with Crippen LogP contribution in [0.5, 0.6) is 0 Å². The van der Waals surface area contributed by atoms with E-state index in [0.29, 0.717) is 38.5 Å². The molecule has 0 saturated heterocycles. The van der Waals surface area contributed by atoms with Crippen LogP contribution in [0.4, 0.5) is 0 Å². The molecule has 2 amide bonds. The van der Waals surface area contributed by atoms with E-state index in [1.807, 2.05) is 55.4 Å². The second kappa shape index (κ2) is 14.9. The highest BCUT2D eigenvalue weighted by Crippen LogP contribution is 2.29. The maximum Gasteiger partial charge on any atom is 0.309 e. The van der Waals surface area contributed by atoms with Crippen molar-refractivity contribution >= 4 is 11.8 Å². The molecule has 0 aliphatic carbocycles. The Labute approximate surface area is 197 Å². The first-order valence-corrected chi connectivity index (χ1v) is 12.9. The minimum atomic E-state index is -1.04. The summed E-state index contributed by atoms with van der Waals surface area (Å²) in [5.41, 5.74) is -2.07. The molecule has 2 unspecified atom stereocenters. The van der Waals surface area contributed by atoms with Gasteiger partial charge in [-0.3, -0.25) is 9.59 Å². The van der Waals surface area contributed by atoms with Crippen LogP contribution < -0.4 is 10.6 Å². The van der Waals surface area contributed by atoms with Crippen LogP contribution in [0, 0.1) is 11.8 Å². The van der Waals surface area contributed by atoms with Gasteiger partial charge >= 0.3 is 11.8 Å². The van der Waals surface area contributed by atoms with Gasteiger partial charge in [0, 0.05) is 0 Å². The summed E-state index contributed by atoms with van der Waals surface area (Å²) in [6, 6.07) is -0.983.